The van der Waals surface area contributed by atoms with Crippen LogP contribution in [0.3, 0.4) is 0 Å². The number of hydrogen-bond acceptors (Lipinski definition) is 7. The molecule has 0 radical (unpaired) electrons. The van der Waals surface area contributed by atoms with Gasteiger partial charge in [-0.1, -0.05) is 36.8 Å². The number of nitrogens with one attached hydrogen (secondary N) is 1. The van der Waals surface area contributed by atoms with Gasteiger partial charge in [-0.3, -0.25) is 13.9 Å². The van der Waals surface area contributed by atoms with Crippen LogP contribution in [0.5, 0.6) is 17.2 Å². The lowest BCUT2D eigenvalue weighted by molar-refractivity contribution is -0.139. The Bertz CT molecular complexity index is 1480. The van der Waals surface area contributed by atoms with Gasteiger partial charge < -0.3 is 24.4 Å². The van der Waals surface area contributed by atoms with E-state index in [9.17, 15) is 18.0 Å². The van der Waals surface area contributed by atoms with Gasteiger partial charge in [-0.25, -0.2) is 8.42 Å². The molecule has 0 aromatic heterocycles. The van der Waals surface area contributed by atoms with E-state index in [1.54, 1.807) is 49.4 Å². The molecular formula is C31H39N3O7S. The lowest BCUT2D eigenvalue weighted by atomic mass is 10.1. The molecule has 0 spiro atoms. The van der Waals surface area contributed by atoms with Crippen molar-refractivity contribution in [3.63, 3.8) is 0 Å². The Morgan fingerprint density at radius 2 is 1.57 bits per heavy atom. The van der Waals surface area contributed by atoms with E-state index in [1.807, 2.05) is 19.9 Å². The SMILES string of the molecule is CCCNC(=O)[C@@H](C)N(Cc1cccc(OC)c1)C(=O)CN(c1cc(OC)ccc1OC)S(=O)(=O)c1ccc(C)cc1. The van der Waals surface area contributed by atoms with Crippen LogP contribution in [-0.4, -0.2) is 65.6 Å². The van der Waals surface area contributed by atoms with Crippen LogP contribution in [0.1, 0.15) is 31.4 Å². The van der Waals surface area contributed by atoms with Crippen LogP contribution in [0.25, 0.3) is 0 Å². The molecule has 3 aromatic carbocycles. The molecule has 226 valence electrons. The lowest BCUT2D eigenvalue weighted by Gasteiger charge is -2.32. The van der Waals surface area contributed by atoms with Crippen LogP contribution >= 0.6 is 0 Å². The highest BCUT2D eigenvalue weighted by molar-refractivity contribution is 7.92. The predicted molar refractivity (Wildman–Crippen MR) is 162 cm³/mol. The summed E-state index contributed by atoms with van der Waals surface area (Å²) in [7, 11) is 0.145. The monoisotopic (exact) mass is 597 g/mol. The number of anilines is 1. The predicted octanol–water partition coefficient (Wildman–Crippen LogP) is 4.16. The van der Waals surface area contributed by atoms with E-state index in [0.717, 1.165) is 16.3 Å². The van der Waals surface area contributed by atoms with Gasteiger partial charge >= 0.3 is 0 Å². The Morgan fingerprint density at radius 1 is 0.905 bits per heavy atom. The topological polar surface area (TPSA) is 114 Å². The van der Waals surface area contributed by atoms with Crippen molar-refractivity contribution in [1.82, 2.24) is 10.2 Å². The summed E-state index contributed by atoms with van der Waals surface area (Å²) in [5.74, 6) is 0.264. The molecule has 1 atom stereocenters. The highest BCUT2D eigenvalue weighted by Gasteiger charge is 2.34. The minimum Gasteiger partial charge on any atom is -0.497 e. The second-order valence-corrected chi connectivity index (χ2v) is 11.6. The smallest absolute Gasteiger partial charge is 0.264 e. The second-order valence-electron chi connectivity index (χ2n) is 9.70. The van der Waals surface area contributed by atoms with Gasteiger partial charge in [0.2, 0.25) is 11.8 Å². The number of amides is 2. The Kier molecular flexibility index (Phi) is 11.2. The number of carbonyl (C=O) groups excluding carboxylic acids is 2. The van der Waals surface area contributed by atoms with Gasteiger partial charge in [0.1, 0.15) is 29.8 Å². The molecule has 0 aliphatic carbocycles. The molecule has 3 rings (SSSR count). The first-order chi connectivity index (χ1) is 20.0. The summed E-state index contributed by atoms with van der Waals surface area (Å²) in [6.07, 6.45) is 0.723. The summed E-state index contributed by atoms with van der Waals surface area (Å²) < 4.78 is 45.4. The molecule has 0 saturated heterocycles. The zero-order valence-corrected chi connectivity index (χ0v) is 25.7. The third kappa shape index (κ3) is 7.73. The van der Waals surface area contributed by atoms with Gasteiger partial charge in [0.25, 0.3) is 10.0 Å². The zero-order chi connectivity index (χ0) is 30.9. The maximum absolute atomic E-state index is 14.1. The van der Waals surface area contributed by atoms with Crippen molar-refractivity contribution in [3.05, 3.63) is 77.9 Å². The van der Waals surface area contributed by atoms with Gasteiger partial charge in [0.05, 0.1) is 31.9 Å². The van der Waals surface area contributed by atoms with Gasteiger partial charge in [-0.15, -0.1) is 0 Å². The van der Waals surface area contributed by atoms with Crippen LogP contribution in [-0.2, 0) is 26.2 Å². The van der Waals surface area contributed by atoms with Crippen molar-refractivity contribution in [2.45, 2.75) is 44.7 Å². The normalized spacial score (nSPS) is 11.8. The lowest BCUT2D eigenvalue weighted by Crippen LogP contribution is -2.51. The minimum absolute atomic E-state index is 0.00106. The number of rotatable bonds is 14. The number of carbonyl (C=O) groups is 2. The Labute approximate surface area is 248 Å². The average Bonchev–Trinajstić information content (AvgIpc) is 3.00. The van der Waals surface area contributed by atoms with Crippen LogP contribution in [0.2, 0.25) is 0 Å². The minimum atomic E-state index is -4.27. The molecule has 1 N–H and O–H groups in total. The molecule has 3 aromatic rings. The highest BCUT2D eigenvalue weighted by atomic mass is 32.2. The van der Waals surface area contributed by atoms with Crippen LogP contribution < -0.4 is 23.8 Å². The third-order valence-electron chi connectivity index (χ3n) is 6.75. The number of methoxy groups -OCH3 is 3. The first-order valence-electron chi connectivity index (χ1n) is 13.6. The molecule has 10 nitrogen and oxygen atoms in total. The van der Waals surface area contributed by atoms with Crippen LogP contribution in [0.4, 0.5) is 5.69 Å². The summed E-state index contributed by atoms with van der Waals surface area (Å²) in [4.78, 5) is 28.5. The standard InChI is InChI=1S/C31H39N3O7S/c1-7-17-32-31(36)23(3)33(20-24-9-8-10-25(18-24)39-4)30(35)21-34(28-19-26(40-5)13-16-29(28)41-6)42(37,38)27-14-11-22(2)12-15-27/h8-16,18-19,23H,7,17,20-21H2,1-6H3,(H,32,36)/t23-/m1/s1. The summed E-state index contributed by atoms with van der Waals surface area (Å²) in [6, 6.07) is 17.3. The van der Waals surface area contributed by atoms with E-state index in [0.29, 0.717) is 23.6 Å². The summed E-state index contributed by atoms with van der Waals surface area (Å²) >= 11 is 0. The average molecular weight is 598 g/mol. The van der Waals surface area contributed by atoms with E-state index in [4.69, 9.17) is 14.2 Å². The van der Waals surface area contributed by atoms with Crippen molar-refractivity contribution in [2.24, 2.45) is 0 Å². The van der Waals surface area contributed by atoms with Crippen molar-refractivity contribution >= 4 is 27.5 Å². The van der Waals surface area contributed by atoms with E-state index < -0.39 is 28.5 Å². The molecule has 0 bridgehead atoms. The van der Waals surface area contributed by atoms with Crippen molar-refractivity contribution in [1.29, 1.82) is 0 Å². The largest absolute Gasteiger partial charge is 0.497 e. The fraction of sp³-hybridized carbons (Fsp3) is 0.355. The van der Waals surface area contributed by atoms with Gasteiger partial charge in [-0.2, -0.15) is 0 Å². The van der Waals surface area contributed by atoms with Crippen molar-refractivity contribution < 1.29 is 32.2 Å². The third-order valence-corrected chi connectivity index (χ3v) is 8.52. The molecule has 0 unspecified atom stereocenters. The molecule has 42 heavy (non-hydrogen) atoms. The number of sulfonamides is 1. The Hall–Kier alpha value is -4.25. The second kappa shape index (κ2) is 14.6. The number of benzene rings is 3. The maximum Gasteiger partial charge on any atom is 0.264 e. The summed E-state index contributed by atoms with van der Waals surface area (Å²) in [6.45, 7) is 5.29. The summed E-state index contributed by atoms with van der Waals surface area (Å²) in [5, 5.41) is 2.83. The van der Waals surface area contributed by atoms with Gasteiger partial charge in [-0.05, 0) is 62.2 Å². The molecule has 0 fully saturated rings. The fourth-order valence-electron chi connectivity index (χ4n) is 4.29. The van der Waals surface area contributed by atoms with Crippen molar-refractivity contribution in [3.8, 4) is 17.2 Å². The van der Waals surface area contributed by atoms with Gasteiger partial charge in [0.15, 0.2) is 0 Å². The molecule has 11 heteroatoms. The van der Waals surface area contributed by atoms with Crippen LogP contribution in [0.15, 0.2) is 71.6 Å². The van der Waals surface area contributed by atoms with E-state index >= 15 is 0 Å². The molecular weight excluding hydrogens is 558 g/mol. The van der Waals surface area contributed by atoms with Crippen molar-refractivity contribution in [2.75, 3.05) is 38.7 Å². The maximum atomic E-state index is 14.1. The van der Waals surface area contributed by atoms with Gasteiger partial charge in [0, 0.05) is 19.2 Å². The first kappa shape index (κ1) is 32.3. The Morgan fingerprint density at radius 3 is 2.19 bits per heavy atom. The number of aryl methyl sites for hydroxylation is 1. The van der Waals surface area contributed by atoms with E-state index in [-0.39, 0.29) is 28.8 Å². The molecule has 0 aliphatic rings. The Balaban J connectivity index is 2.12. The quantitative estimate of drug-likeness (QED) is 0.297. The number of nitrogens with zero attached hydrogens (tertiary/aromatic N) is 2. The number of ether oxygens (including phenoxy) is 3. The van der Waals surface area contributed by atoms with E-state index in [1.165, 1.54) is 44.4 Å². The highest BCUT2D eigenvalue weighted by Crippen LogP contribution is 2.36. The summed E-state index contributed by atoms with van der Waals surface area (Å²) in [5.41, 5.74) is 1.71. The fourth-order valence-corrected chi connectivity index (χ4v) is 5.71. The molecule has 0 heterocycles. The molecule has 0 saturated carbocycles. The van der Waals surface area contributed by atoms with E-state index in [2.05, 4.69) is 5.32 Å². The molecule has 0 aliphatic heterocycles. The number of hydrogen-bond donors (Lipinski definition) is 1. The van der Waals surface area contributed by atoms with Crippen LogP contribution in [0, 0.1) is 6.92 Å². The zero-order valence-electron chi connectivity index (χ0n) is 24.9. The first-order valence-corrected chi connectivity index (χ1v) is 15.0. The molecule has 2 amide bonds.